The average molecular weight is 369 g/mol. The first-order valence-electron chi connectivity index (χ1n) is 6.13. The van der Waals surface area contributed by atoms with Crippen LogP contribution in [-0.4, -0.2) is 11.7 Å². The quantitative estimate of drug-likeness (QED) is 0.814. The van der Waals surface area contributed by atoms with E-state index in [4.69, 9.17) is 11.6 Å². The van der Waals surface area contributed by atoms with Crippen molar-refractivity contribution in [2.24, 2.45) is 0 Å². The number of halogens is 2. The minimum absolute atomic E-state index is 0.0147. The SMILES string of the molecule is O=C(Nc1ccc(Br)c(Cl)c1)C1CSc2ccccc21. The van der Waals surface area contributed by atoms with E-state index in [1.807, 2.05) is 30.3 Å². The normalized spacial score (nSPS) is 16.8. The van der Waals surface area contributed by atoms with E-state index in [2.05, 4.69) is 27.3 Å². The molecule has 5 heteroatoms. The van der Waals surface area contributed by atoms with Gasteiger partial charge in [-0.25, -0.2) is 0 Å². The third-order valence-corrected chi connectivity index (χ3v) is 5.62. The van der Waals surface area contributed by atoms with Crippen molar-refractivity contribution in [2.75, 3.05) is 11.1 Å². The molecule has 1 heterocycles. The van der Waals surface area contributed by atoms with E-state index in [0.29, 0.717) is 5.02 Å². The van der Waals surface area contributed by atoms with Crippen molar-refractivity contribution >= 4 is 50.9 Å². The van der Waals surface area contributed by atoms with Crippen LogP contribution in [-0.2, 0) is 4.79 Å². The second-order valence-corrected chi connectivity index (χ2v) is 6.84. The maximum atomic E-state index is 12.4. The van der Waals surface area contributed by atoms with Gasteiger partial charge >= 0.3 is 0 Å². The Kier molecular flexibility index (Phi) is 4.06. The summed E-state index contributed by atoms with van der Waals surface area (Å²) in [7, 11) is 0. The molecule has 0 aromatic heterocycles. The zero-order valence-electron chi connectivity index (χ0n) is 10.4. The molecule has 1 aliphatic rings. The maximum Gasteiger partial charge on any atom is 0.232 e. The van der Waals surface area contributed by atoms with Crippen molar-refractivity contribution in [3.05, 3.63) is 57.5 Å². The fourth-order valence-electron chi connectivity index (χ4n) is 2.18. The zero-order chi connectivity index (χ0) is 14.1. The van der Waals surface area contributed by atoms with Gasteiger partial charge in [0.1, 0.15) is 0 Å². The van der Waals surface area contributed by atoms with Crippen LogP contribution < -0.4 is 5.32 Å². The second kappa shape index (κ2) is 5.80. The summed E-state index contributed by atoms with van der Waals surface area (Å²) in [5, 5.41) is 3.52. The van der Waals surface area contributed by atoms with Gasteiger partial charge in [-0.1, -0.05) is 29.8 Å². The molecular weight excluding hydrogens is 358 g/mol. The summed E-state index contributed by atoms with van der Waals surface area (Å²) in [5.74, 6) is 0.703. The molecule has 0 saturated carbocycles. The number of carbonyl (C=O) groups is 1. The summed E-state index contributed by atoms with van der Waals surface area (Å²) < 4.78 is 0.818. The van der Waals surface area contributed by atoms with Crippen LogP contribution in [0.4, 0.5) is 5.69 Å². The second-order valence-electron chi connectivity index (χ2n) is 4.52. The summed E-state index contributed by atoms with van der Waals surface area (Å²) in [6.45, 7) is 0. The van der Waals surface area contributed by atoms with Crippen LogP contribution in [0.25, 0.3) is 0 Å². The summed E-state index contributed by atoms with van der Waals surface area (Å²) in [4.78, 5) is 13.6. The molecule has 1 atom stereocenters. The number of nitrogens with one attached hydrogen (secondary N) is 1. The lowest BCUT2D eigenvalue weighted by molar-refractivity contribution is -0.117. The van der Waals surface area contributed by atoms with E-state index in [1.54, 1.807) is 17.8 Å². The van der Waals surface area contributed by atoms with Crippen LogP contribution in [0.3, 0.4) is 0 Å². The van der Waals surface area contributed by atoms with Crippen molar-refractivity contribution in [3.63, 3.8) is 0 Å². The molecule has 1 unspecified atom stereocenters. The summed E-state index contributed by atoms with van der Waals surface area (Å²) in [6.07, 6.45) is 0. The van der Waals surface area contributed by atoms with Gasteiger partial charge in [-0.2, -0.15) is 0 Å². The number of amides is 1. The molecule has 2 aromatic carbocycles. The Morgan fingerprint density at radius 2 is 2.10 bits per heavy atom. The molecule has 2 aromatic rings. The minimum Gasteiger partial charge on any atom is -0.325 e. The molecule has 1 aliphatic heterocycles. The number of benzene rings is 2. The van der Waals surface area contributed by atoms with Crippen molar-refractivity contribution in [3.8, 4) is 0 Å². The summed E-state index contributed by atoms with van der Waals surface area (Å²) in [5.41, 5.74) is 1.83. The van der Waals surface area contributed by atoms with Crippen molar-refractivity contribution in [1.82, 2.24) is 0 Å². The maximum absolute atomic E-state index is 12.4. The Morgan fingerprint density at radius 1 is 1.30 bits per heavy atom. The molecule has 0 aliphatic carbocycles. The van der Waals surface area contributed by atoms with Crippen molar-refractivity contribution in [2.45, 2.75) is 10.8 Å². The minimum atomic E-state index is -0.0985. The van der Waals surface area contributed by atoms with Gasteiger partial charge in [0.05, 0.1) is 10.9 Å². The summed E-state index contributed by atoms with van der Waals surface area (Å²) in [6, 6.07) is 13.5. The van der Waals surface area contributed by atoms with Gasteiger partial charge in [-0.3, -0.25) is 4.79 Å². The standard InChI is InChI=1S/C15H11BrClNOS/c16-12-6-5-9(7-13(12)17)18-15(19)11-8-20-14-4-2-1-3-10(11)14/h1-7,11H,8H2,(H,18,19). The Hall–Kier alpha value is -0.970. The van der Waals surface area contributed by atoms with Gasteiger partial charge in [-0.05, 0) is 45.8 Å². The molecule has 2 nitrogen and oxygen atoms in total. The molecule has 0 radical (unpaired) electrons. The molecule has 3 rings (SSSR count). The lowest BCUT2D eigenvalue weighted by Crippen LogP contribution is -2.20. The third kappa shape index (κ3) is 2.73. The lowest BCUT2D eigenvalue weighted by Gasteiger charge is -2.12. The van der Waals surface area contributed by atoms with E-state index < -0.39 is 0 Å². The Labute approximate surface area is 135 Å². The molecule has 20 heavy (non-hydrogen) atoms. The highest BCUT2D eigenvalue weighted by molar-refractivity contribution is 9.10. The van der Waals surface area contributed by atoms with Crippen LogP contribution in [0.5, 0.6) is 0 Å². The average Bonchev–Trinajstić information content (AvgIpc) is 2.87. The molecule has 0 fully saturated rings. The number of fused-ring (bicyclic) bond motifs is 1. The highest BCUT2D eigenvalue weighted by Crippen LogP contribution is 2.39. The van der Waals surface area contributed by atoms with E-state index in [0.717, 1.165) is 21.5 Å². The highest BCUT2D eigenvalue weighted by Gasteiger charge is 2.28. The van der Waals surface area contributed by atoms with Crippen molar-refractivity contribution in [1.29, 1.82) is 0 Å². The molecule has 0 spiro atoms. The first-order chi connectivity index (χ1) is 9.65. The fraction of sp³-hybridized carbons (Fsp3) is 0.133. The molecule has 1 amide bonds. The van der Waals surface area contributed by atoms with Gasteiger partial charge in [-0.15, -0.1) is 11.8 Å². The van der Waals surface area contributed by atoms with Crippen LogP contribution in [0, 0.1) is 0 Å². The first-order valence-corrected chi connectivity index (χ1v) is 8.28. The van der Waals surface area contributed by atoms with E-state index in [9.17, 15) is 4.79 Å². The fourth-order valence-corrected chi connectivity index (χ4v) is 3.84. The third-order valence-electron chi connectivity index (χ3n) is 3.20. The predicted octanol–water partition coefficient (Wildman–Crippen LogP) is 4.93. The molecular formula is C15H11BrClNOS. The van der Waals surface area contributed by atoms with Crippen molar-refractivity contribution < 1.29 is 4.79 Å². The smallest absolute Gasteiger partial charge is 0.232 e. The Bertz CT molecular complexity index is 677. The number of anilines is 1. The van der Waals surface area contributed by atoms with Crippen LogP contribution >= 0.6 is 39.3 Å². The topological polar surface area (TPSA) is 29.1 Å². The van der Waals surface area contributed by atoms with Gasteiger partial charge < -0.3 is 5.32 Å². The molecule has 0 saturated heterocycles. The van der Waals surface area contributed by atoms with Gasteiger partial charge in [0.15, 0.2) is 0 Å². The predicted molar refractivity (Wildman–Crippen MR) is 87.7 cm³/mol. The highest BCUT2D eigenvalue weighted by atomic mass is 79.9. The largest absolute Gasteiger partial charge is 0.325 e. The van der Waals surface area contributed by atoms with Crippen LogP contribution in [0.15, 0.2) is 51.8 Å². The molecule has 102 valence electrons. The van der Waals surface area contributed by atoms with Gasteiger partial charge in [0.2, 0.25) is 5.91 Å². The monoisotopic (exact) mass is 367 g/mol. The number of hydrogen-bond donors (Lipinski definition) is 1. The van der Waals surface area contributed by atoms with Crippen LogP contribution in [0.2, 0.25) is 5.02 Å². The van der Waals surface area contributed by atoms with E-state index in [1.165, 1.54) is 4.90 Å². The van der Waals surface area contributed by atoms with E-state index >= 15 is 0 Å². The van der Waals surface area contributed by atoms with Gasteiger partial charge in [0, 0.05) is 20.8 Å². The van der Waals surface area contributed by atoms with Crippen LogP contribution in [0.1, 0.15) is 11.5 Å². The summed E-state index contributed by atoms with van der Waals surface area (Å²) >= 11 is 11.1. The number of hydrogen-bond acceptors (Lipinski definition) is 2. The van der Waals surface area contributed by atoms with Gasteiger partial charge in [0.25, 0.3) is 0 Å². The number of thioether (sulfide) groups is 1. The Morgan fingerprint density at radius 3 is 2.90 bits per heavy atom. The first kappa shape index (κ1) is 14.0. The molecule has 0 bridgehead atoms. The Balaban J connectivity index is 1.79. The number of rotatable bonds is 2. The molecule has 1 N–H and O–H groups in total. The zero-order valence-corrected chi connectivity index (χ0v) is 13.6. The lowest BCUT2D eigenvalue weighted by atomic mass is 10.0. The number of carbonyl (C=O) groups excluding carboxylic acids is 1. The van der Waals surface area contributed by atoms with E-state index in [-0.39, 0.29) is 11.8 Å².